The van der Waals surface area contributed by atoms with E-state index in [0.717, 1.165) is 29.8 Å². The molecule has 4 rings (SSSR count). The highest BCUT2D eigenvalue weighted by atomic mass is 35.5. The first-order valence-corrected chi connectivity index (χ1v) is 10.5. The van der Waals surface area contributed by atoms with E-state index >= 15 is 0 Å². The summed E-state index contributed by atoms with van der Waals surface area (Å²) < 4.78 is 7.53. The van der Waals surface area contributed by atoms with Crippen LogP contribution >= 0.6 is 11.6 Å². The Kier molecular flexibility index (Phi) is 5.76. The van der Waals surface area contributed by atoms with Gasteiger partial charge in [-0.3, -0.25) is 4.79 Å². The molecule has 29 heavy (non-hydrogen) atoms. The zero-order chi connectivity index (χ0) is 20.4. The summed E-state index contributed by atoms with van der Waals surface area (Å²) in [6, 6.07) is 13.1. The lowest BCUT2D eigenvalue weighted by Gasteiger charge is -2.23. The third-order valence-corrected chi connectivity index (χ3v) is 5.59. The molecule has 1 amide bonds. The Morgan fingerprint density at radius 2 is 2.10 bits per heavy atom. The number of benzene rings is 2. The van der Waals surface area contributed by atoms with Gasteiger partial charge in [0.2, 0.25) is 0 Å². The molecule has 0 unspecified atom stereocenters. The Morgan fingerprint density at radius 3 is 2.83 bits per heavy atom. The van der Waals surface area contributed by atoms with Gasteiger partial charge in [0.15, 0.2) is 0 Å². The van der Waals surface area contributed by atoms with Crippen LogP contribution in [0.15, 0.2) is 42.5 Å². The second kappa shape index (κ2) is 8.46. The van der Waals surface area contributed by atoms with E-state index in [0.29, 0.717) is 35.3 Å². The molecule has 0 bridgehead atoms. The zero-order valence-electron chi connectivity index (χ0n) is 16.9. The SMILES string of the molecule is CCCN(Cc1nc2ccc(Cl)cc2n1CC1CC1)C(=O)c1cccc(OC)c1. The van der Waals surface area contributed by atoms with Crippen molar-refractivity contribution in [3.8, 4) is 5.75 Å². The fourth-order valence-electron chi connectivity index (χ4n) is 3.66. The van der Waals surface area contributed by atoms with Crippen LogP contribution < -0.4 is 4.74 Å². The normalized spacial score (nSPS) is 13.6. The Balaban J connectivity index is 1.67. The van der Waals surface area contributed by atoms with Crippen LogP contribution in [-0.2, 0) is 13.1 Å². The summed E-state index contributed by atoms with van der Waals surface area (Å²) in [6.07, 6.45) is 3.38. The largest absolute Gasteiger partial charge is 0.497 e. The number of aromatic nitrogens is 2. The van der Waals surface area contributed by atoms with Crippen LogP contribution in [0.25, 0.3) is 11.0 Å². The second-order valence-electron chi connectivity index (χ2n) is 7.67. The summed E-state index contributed by atoms with van der Waals surface area (Å²) in [5.41, 5.74) is 2.60. The number of imidazole rings is 1. The van der Waals surface area contributed by atoms with Crippen molar-refractivity contribution in [3.05, 3.63) is 58.9 Å². The van der Waals surface area contributed by atoms with Gasteiger partial charge in [0.25, 0.3) is 5.91 Å². The van der Waals surface area contributed by atoms with Crippen molar-refractivity contribution in [2.45, 2.75) is 39.3 Å². The number of methoxy groups -OCH3 is 1. The van der Waals surface area contributed by atoms with Gasteiger partial charge in [0, 0.05) is 23.7 Å². The van der Waals surface area contributed by atoms with Gasteiger partial charge in [-0.1, -0.05) is 24.6 Å². The number of hydrogen-bond acceptors (Lipinski definition) is 3. The minimum absolute atomic E-state index is 0.00573. The monoisotopic (exact) mass is 411 g/mol. The van der Waals surface area contributed by atoms with Gasteiger partial charge in [-0.2, -0.15) is 0 Å². The van der Waals surface area contributed by atoms with Crippen molar-refractivity contribution >= 4 is 28.5 Å². The van der Waals surface area contributed by atoms with Crippen molar-refractivity contribution in [1.29, 1.82) is 0 Å². The highest BCUT2D eigenvalue weighted by Crippen LogP contribution is 2.33. The van der Waals surface area contributed by atoms with Gasteiger partial charge in [0.05, 0.1) is 24.7 Å². The average molecular weight is 412 g/mol. The molecule has 0 N–H and O–H groups in total. The third-order valence-electron chi connectivity index (χ3n) is 5.36. The maximum atomic E-state index is 13.2. The molecule has 6 heteroatoms. The van der Waals surface area contributed by atoms with Gasteiger partial charge >= 0.3 is 0 Å². The maximum absolute atomic E-state index is 13.2. The molecule has 1 aliphatic rings. The van der Waals surface area contributed by atoms with Crippen molar-refractivity contribution < 1.29 is 9.53 Å². The molecule has 0 atom stereocenters. The molecule has 1 aliphatic carbocycles. The van der Waals surface area contributed by atoms with E-state index in [9.17, 15) is 4.79 Å². The van der Waals surface area contributed by atoms with Crippen molar-refractivity contribution in [2.75, 3.05) is 13.7 Å². The number of ether oxygens (including phenoxy) is 1. The summed E-state index contributed by atoms with van der Waals surface area (Å²) in [4.78, 5) is 20.0. The first-order chi connectivity index (χ1) is 14.1. The Morgan fingerprint density at radius 1 is 1.28 bits per heavy atom. The fourth-order valence-corrected chi connectivity index (χ4v) is 3.83. The first-order valence-electron chi connectivity index (χ1n) is 10.2. The van der Waals surface area contributed by atoms with E-state index in [2.05, 4.69) is 11.5 Å². The summed E-state index contributed by atoms with van der Waals surface area (Å²) >= 11 is 6.25. The van der Waals surface area contributed by atoms with E-state index < -0.39 is 0 Å². The number of hydrogen-bond donors (Lipinski definition) is 0. The van der Waals surface area contributed by atoms with Crippen molar-refractivity contribution in [1.82, 2.24) is 14.5 Å². The smallest absolute Gasteiger partial charge is 0.254 e. The van der Waals surface area contributed by atoms with Crippen LogP contribution in [0.1, 0.15) is 42.4 Å². The molecule has 1 saturated carbocycles. The summed E-state index contributed by atoms with van der Waals surface area (Å²) in [5, 5.41) is 0.707. The highest BCUT2D eigenvalue weighted by Gasteiger charge is 2.26. The molecule has 0 saturated heterocycles. The van der Waals surface area contributed by atoms with Crippen LogP contribution in [-0.4, -0.2) is 34.0 Å². The van der Waals surface area contributed by atoms with E-state index in [4.69, 9.17) is 21.3 Å². The lowest BCUT2D eigenvalue weighted by molar-refractivity contribution is 0.0737. The number of nitrogens with zero attached hydrogens (tertiary/aromatic N) is 3. The number of fused-ring (bicyclic) bond motifs is 1. The molecule has 0 spiro atoms. The van der Waals surface area contributed by atoms with Crippen LogP contribution in [0.2, 0.25) is 5.02 Å². The Bertz CT molecular complexity index is 1030. The molecule has 1 aromatic heterocycles. The predicted octanol–water partition coefficient (Wildman–Crippen LogP) is 5.16. The molecular formula is C23H26ClN3O2. The quantitative estimate of drug-likeness (QED) is 0.514. The lowest BCUT2D eigenvalue weighted by Crippen LogP contribution is -2.32. The van der Waals surface area contributed by atoms with Crippen molar-refractivity contribution in [2.24, 2.45) is 5.92 Å². The van der Waals surface area contributed by atoms with Crippen LogP contribution in [0, 0.1) is 5.92 Å². The molecular weight excluding hydrogens is 386 g/mol. The standard InChI is InChI=1S/C23H26ClN3O2/c1-3-11-26(23(28)17-5-4-6-19(12-17)29-2)15-22-25-20-10-9-18(24)13-21(20)27(22)14-16-7-8-16/h4-6,9-10,12-13,16H,3,7-8,11,14-15H2,1-2H3. The highest BCUT2D eigenvalue weighted by molar-refractivity contribution is 6.31. The van der Waals surface area contributed by atoms with Crippen LogP contribution in [0.3, 0.4) is 0 Å². The van der Waals surface area contributed by atoms with E-state index in [1.165, 1.54) is 12.8 Å². The molecule has 1 heterocycles. The summed E-state index contributed by atoms with van der Waals surface area (Å²) in [6.45, 7) is 4.16. The average Bonchev–Trinajstić information content (AvgIpc) is 3.50. The number of amides is 1. The fraction of sp³-hybridized carbons (Fsp3) is 0.391. The third kappa shape index (κ3) is 4.40. The molecule has 2 aromatic carbocycles. The van der Waals surface area contributed by atoms with E-state index in [1.807, 2.05) is 41.3 Å². The van der Waals surface area contributed by atoms with E-state index in [-0.39, 0.29) is 5.91 Å². The molecule has 5 nitrogen and oxygen atoms in total. The Hall–Kier alpha value is -2.53. The number of halogens is 1. The zero-order valence-corrected chi connectivity index (χ0v) is 17.7. The lowest BCUT2D eigenvalue weighted by atomic mass is 10.2. The van der Waals surface area contributed by atoms with Gasteiger partial charge in [-0.25, -0.2) is 4.98 Å². The van der Waals surface area contributed by atoms with Crippen LogP contribution in [0.5, 0.6) is 5.75 Å². The van der Waals surface area contributed by atoms with Gasteiger partial charge < -0.3 is 14.2 Å². The predicted molar refractivity (Wildman–Crippen MR) is 115 cm³/mol. The maximum Gasteiger partial charge on any atom is 0.254 e. The molecule has 152 valence electrons. The molecule has 0 aliphatic heterocycles. The van der Waals surface area contributed by atoms with E-state index in [1.54, 1.807) is 13.2 Å². The minimum atomic E-state index is -0.00573. The van der Waals surface area contributed by atoms with Gasteiger partial charge in [-0.05, 0) is 61.6 Å². The Labute approximate surface area is 176 Å². The summed E-state index contributed by atoms with van der Waals surface area (Å²) in [7, 11) is 1.61. The number of rotatable bonds is 8. The summed E-state index contributed by atoms with van der Waals surface area (Å²) in [5.74, 6) is 2.29. The topological polar surface area (TPSA) is 47.4 Å². The first kappa shape index (κ1) is 19.8. The molecule has 0 radical (unpaired) electrons. The number of carbonyl (C=O) groups excluding carboxylic acids is 1. The molecule has 3 aromatic rings. The van der Waals surface area contributed by atoms with Gasteiger partial charge in [-0.15, -0.1) is 0 Å². The van der Waals surface area contributed by atoms with Gasteiger partial charge in [0.1, 0.15) is 11.6 Å². The minimum Gasteiger partial charge on any atom is -0.497 e. The van der Waals surface area contributed by atoms with Crippen LogP contribution in [0.4, 0.5) is 0 Å². The number of carbonyl (C=O) groups is 1. The second-order valence-corrected chi connectivity index (χ2v) is 8.11. The van der Waals surface area contributed by atoms with Crippen molar-refractivity contribution in [3.63, 3.8) is 0 Å². The molecule has 1 fully saturated rings.